The van der Waals surface area contributed by atoms with Crippen molar-refractivity contribution in [3.05, 3.63) is 0 Å². The van der Waals surface area contributed by atoms with Crippen LogP contribution in [0.25, 0.3) is 0 Å². The largest absolute Gasteiger partial charge is 0.370 e. The number of hydrogen-bond acceptors (Lipinski definition) is 4. The number of carbonyl (C=O) groups excluding carboxylic acids is 1. The van der Waals surface area contributed by atoms with Crippen LogP contribution in [0.2, 0.25) is 0 Å². The molecule has 0 unspecified atom stereocenters. The third kappa shape index (κ3) is 4.59. The van der Waals surface area contributed by atoms with Gasteiger partial charge in [-0.3, -0.25) is 4.79 Å². The van der Waals surface area contributed by atoms with E-state index in [2.05, 4.69) is 17.3 Å². The number of amides is 1. The molecule has 0 aromatic rings. The van der Waals surface area contributed by atoms with Gasteiger partial charge >= 0.3 is 0 Å². The molecule has 0 aromatic carbocycles. The van der Waals surface area contributed by atoms with Crippen molar-refractivity contribution in [2.45, 2.75) is 0 Å². The first kappa shape index (κ1) is 12.4. The lowest BCUT2D eigenvalue weighted by Gasteiger charge is -2.32. The van der Waals surface area contributed by atoms with Crippen molar-refractivity contribution in [1.82, 2.24) is 15.1 Å². The van der Waals surface area contributed by atoms with Crippen molar-refractivity contribution in [2.75, 3.05) is 60.0 Å². The second-order valence-electron chi connectivity index (χ2n) is 3.84. The number of nitrogens with one attached hydrogen (secondary N) is 1. The number of rotatable bonds is 5. The number of ether oxygens (including phenoxy) is 1. The topological polar surface area (TPSA) is 44.8 Å². The highest BCUT2D eigenvalue weighted by atomic mass is 16.5. The second kappa shape index (κ2) is 6.76. The molecule has 0 aromatic heterocycles. The number of nitrogens with zero attached hydrogens (tertiary/aromatic N) is 2. The van der Waals surface area contributed by atoms with E-state index in [1.165, 1.54) is 0 Å². The Morgan fingerprint density at radius 3 is 2.60 bits per heavy atom. The minimum atomic E-state index is 0.110. The standard InChI is InChI=1S/C10H21N3O2/c1-11-3-8-15-9-10(14)13-6-4-12(2)5-7-13/h11H,3-9H2,1-2H3. The van der Waals surface area contributed by atoms with Gasteiger partial charge in [0.05, 0.1) is 6.61 Å². The van der Waals surface area contributed by atoms with E-state index in [0.717, 1.165) is 32.7 Å². The summed E-state index contributed by atoms with van der Waals surface area (Å²) in [6, 6.07) is 0. The zero-order valence-electron chi connectivity index (χ0n) is 9.66. The van der Waals surface area contributed by atoms with Crippen LogP contribution in [0.5, 0.6) is 0 Å². The van der Waals surface area contributed by atoms with Crippen molar-refractivity contribution in [2.24, 2.45) is 0 Å². The van der Waals surface area contributed by atoms with Crippen LogP contribution in [-0.4, -0.2) is 75.7 Å². The van der Waals surface area contributed by atoms with E-state index in [0.29, 0.717) is 6.61 Å². The van der Waals surface area contributed by atoms with Gasteiger partial charge in [0.25, 0.3) is 0 Å². The quantitative estimate of drug-likeness (QED) is 0.597. The average molecular weight is 215 g/mol. The summed E-state index contributed by atoms with van der Waals surface area (Å²) in [6.07, 6.45) is 0. The summed E-state index contributed by atoms with van der Waals surface area (Å²) in [5.41, 5.74) is 0. The summed E-state index contributed by atoms with van der Waals surface area (Å²) in [6.45, 7) is 5.16. The van der Waals surface area contributed by atoms with Gasteiger partial charge in [-0.2, -0.15) is 0 Å². The summed E-state index contributed by atoms with van der Waals surface area (Å²) in [5.74, 6) is 0.110. The van der Waals surface area contributed by atoms with Crippen LogP contribution in [0.1, 0.15) is 0 Å². The smallest absolute Gasteiger partial charge is 0.248 e. The Labute approximate surface area is 91.4 Å². The van der Waals surface area contributed by atoms with Gasteiger partial charge in [-0.25, -0.2) is 0 Å². The highest BCUT2D eigenvalue weighted by Gasteiger charge is 2.18. The SMILES string of the molecule is CNCCOCC(=O)N1CCN(C)CC1. The van der Waals surface area contributed by atoms with Gasteiger partial charge in [-0.15, -0.1) is 0 Å². The predicted molar refractivity (Wildman–Crippen MR) is 58.8 cm³/mol. The average Bonchev–Trinajstić information content (AvgIpc) is 2.25. The van der Waals surface area contributed by atoms with Crippen molar-refractivity contribution >= 4 is 5.91 Å². The van der Waals surface area contributed by atoms with E-state index in [-0.39, 0.29) is 12.5 Å². The minimum Gasteiger partial charge on any atom is -0.370 e. The van der Waals surface area contributed by atoms with Gasteiger partial charge in [0.1, 0.15) is 6.61 Å². The number of hydrogen-bond donors (Lipinski definition) is 1. The lowest BCUT2D eigenvalue weighted by atomic mass is 10.3. The third-order valence-corrected chi connectivity index (χ3v) is 2.58. The maximum atomic E-state index is 11.6. The van der Waals surface area contributed by atoms with Crippen LogP contribution in [-0.2, 0) is 9.53 Å². The molecule has 0 atom stereocenters. The molecule has 0 radical (unpaired) electrons. The lowest BCUT2D eigenvalue weighted by Crippen LogP contribution is -2.48. The van der Waals surface area contributed by atoms with E-state index in [1.807, 2.05) is 11.9 Å². The predicted octanol–water partition coefficient (Wildman–Crippen LogP) is -1.00. The highest BCUT2D eigenvalue weighted by Crippen LogP contribution is 1.99. The normalized spacial score (nSPS) is 18.1. The fourth-order valence-electron chi connectivity index (χ4n) is 1.48. The van der Waals surface area contributed by atoms with Crippen LogP contribution in [0.15, 0.2) is 0 Å². The van der Waals surface area contributed by atoms with Crippen molar-refractivity contribution < 1.29 is 9.53 Å². The Balaban J connectivity index is 2.11. The summed E-state index contributed by atoms with van der Waals surface area (Å²) >= 11 is 0. The molecule has 15 heavy (non-hydrogen) atoms. The molecule has 1 heterocycles. The first-order valence-corrected chi connectivity index (χ1v) is 5.42. The Morgan fingerprint density at radius 1 is 1.33 bits per heavy atom. The van der Waals surface area contributed by atoms with Crippen LogP contribution in [0, 0.1) is 0 Å². The molecule has 0 bridgehead atoms. The van der Waals surface area contributed by atoms with Gasteiger partial charge < -0.3 is 19.9 Å². The molecule has 1 fully saturated rings. The fourth-order valence-corrected chi connectivity index (χ4v) is 1.48. The van der Waals surface area contributed by atoms with E-state index >= 15 is 0 Å². The van der Waals surface area contributed by atoms with Crippen LogP contribution in [0.3, 0.4) is 0 Å². The summed E-state index contributed by atoms with van der Waals surface area (Å²) < 4.78 is 5.25. The molecule has 5 heteroatoms. The minimum absolute atomic E-state index is 0.110. The Bertz CT molecular complexity index is 191. The van der Waals surface area contributed by atoms with E-state index in [9.17, 15) is 4.79 Å². The lowest BCUT2D eigenvalue weighted by molar-refractivity contribution is -0.137. The van der Waals surface area contributed by atoms with Crippen molar-refractivity contribution in [1.29, 1.82) is 0 Å². The first-order valence-electron chi connectivity index (χ1n) is 5.42. The summed E-state index contributed by atoms with van der Waals surface area (Å²) in [7, 11) is 3.94. The molecule has 1 N–H and O–H groups in total. The van der Waals surface area contributed by atoms with Gasteiger partial charge in [0, 0.05) is 32.7 Å². The Kier molecular flexibility index (Phi) is 5.60. The zero-order chi connectivity index (χ0) is 11.1. The Morgan fingerprint density at radius 2 is 2.00 bits per heavy atom. The second-order valence-corrected chi connectivity index (χ2v) is 3.84. The molecule has 0 saturated carbocycles. The third-order valence-electron chi connectivity index (χ3n) is 2.58. The summed E-state index contributed by atoms with van der Waals surface area (Å²) in [5, 5.41) is 2.97. The van der Waals surface area contributed by atoms with Crippen LogP contribution >= 0.6 is 0 Å². The molecule has 88 valence electrons. The van der Waals surface area contributed by atoms with Crippen molar-refractivity contribution in [3.63, 3.8) is 0 Å². The van der Waals surface area contributed by atoms with Gasteiger partial charge in [-0.1, -0.05) is 0 Å². The Hall–Kier alpha value is -0.650. The first-order chi connectivity index (χ1) is 7.24. The molecule has 5 nitrogen and oxygen atoms in total. The van der Waals surface area contributed by atoms with Gasteiger partial charge in [-0.05, 0) is 14.1 Å². The molecule has 1 rings (SSSR count). The van der Waals surface area contributed by atoms with E-state index < -0.39 is 0 Å². The molecule has 1 saturated heterocycles. The van der Waals surface area contributed by atoms with Gasteiger partial charge in [0.2, 0.25) is 5.91 Å². The van der Waals surface area contributed by atoms with E-state index in [4.69, 9.17) is 4.74 Å². The molecule has 0 spiro atoms. The maximum absolute atomic E-state index is 11.6. The molecule has 1 aliphatic rings. The number of carbonyl (C=O) groups is 1. The molecular formula is C10H21N3O2. The van der Waals surface area contributed by atoms with Crippen molar-refractivity contribution in [3.8, 4) is 0 Å². The molecule has 1 aliphatic heterocycles. The zero-order valence-corrected chi connectivity index (χ0v) is 9.66. The molecule has 1 amide bonds. The highest BCUT2D eigenvalue weighted by molar-refractivity contribution is 5.77. The fraction of sp³-hybridized carbons (Fsp3) is 0.900. The molecule has 0 aliphatic carbocycles. The van der Waals surface area contributed by atoms with Crippen LogP contribution in [0.4, 0.5) is 0 Å². The maximum Gasteiger partial charge on any atom is 0.248 e. The monoisotopic (exact) mass is 215 g/mol. The number of likely N-dealkylation sites (N-methyl/N-ethyl adjacent to an activating group) is 2. The van der Waals surface area contributed by atoms with Crippen LogP contribution < -0.4 is 5.32 Å². The van der Waals surface area contributed by atoms with Gasteiger partial charge in [0.15, 0.2) is 0 Å². The van der Waals surface area contributed by atoms with E-state index in [1.54, 1.807) is 0 Å². The summed E-state index contributed by atoms with van der Waals surface area (Å²) in [4.78, 5) is 15.7. The molecular weight excluding hydrogens is 194 g/mol. The number of piperazine rings is 1.